The number of carbonyl (C=O) groups is 3. The molecule has 140 valence electrons. The molecule has 0 radical (unpaired) electrons. The molecule has 0 saturated carbocycles. The van der Waals surface area contributed by atoms with Crippen molar-refractivity contribution in [1.82, 2.24) is 5.32 Å². The van der Waals surface area contributed by atoms with E-state index in [9.17, 15) is 14.4 Å². The Labute approximate surface area is 158 Å². The Morgan fingerprint density at radius 1 is 1.15 bits per heavy atom. The van der Waals surface area contributed by atoms with Crippen LogP contribution in [0.25, 0.3) is 0 Å². The Bertz CT molecular complexity index is 861. The lowest BCUT2D eigenvalue weighted by atomic mass is 10.1. The van der Waals surface area contributed by atoms with E-state index in [1.54, 1.807) is 24.3 Å². The predicted molar refractivity (Wildman–Crippen MR) is 101 cm³/mol. The van der Waals surface area contributed by atoms with Gasteiger partial charge in [-0.25, -0.2) is 4.79 Å². The number of aryl methyl sites for hydroxylation is 1. The minimum atomic E-state index is -0.509. The van der Waals surface area contributed by atoms with Gasteiger partial charge in [0.05, 0.1) is 24.3 Å². The van der Waals surface area contributed by atoms with Crippen LogP contribution >= 0.6 is 0 Å². The van der Waals surface area contributed by atoms with Crippen molar-refractivity contribution in [2.24, 2.45) is 5.92 Å². The van der Waals surface area contributed by atoms with Crippen molar-refractivity contribution in [1.29, 1.82) is 0 Å². The second kappa shape index (κ2) is 8.03. The minimum Gasteiger partial charge on any atom is -0.465 e. The number of hydrogen-bond acceptors (Lipinski definition) is 4. The molecule has 1 aliphatic rings. The maximum absolute atomic E-state index is 12.5. The summed E-state index contributed by atoms with van der Waals surface area (Å²) in [7, 11) is 1.30. The predicted octanol–water partition coefficient (Wildman–Crippen LogP) is 2.45. The van der Waals surface area contributed by atoms with Crippen molar-refractivity contribution in [3.8, 4) is 0 Å². The highest BCUT2D eigenvalue weighted by molar-refractivity contribution is 6.05. The molecule has 1 heterocycles. The highest BCUT2D eigenvalue weighted by Gasteiger charge is 2.36. The summed E-state index contributed by atoms with van der Waals surface area (Å²) in [6.45, 7) is 2.67. The first kappa shape index (κ1) is 18.6. The van der Waals surface area contributed by atoms with Crippen LogP contribution < -0.4 is 10.2 Å². The van der Waals surface area contributed by atoms with Crippen LogP contribution in [0.15, 0.2) is 48.5 Å². The first-order valence-corrected chi connectivity index (χ1v) is 8.80. The second-order valence-electron chi connectivity index (χ2n) is 6.62. The van der Waals surface area contributed by atoms with Crippen LogP contribution in [0.4, 0.5) is 5.69 Å². The van der Waals surface area contributed by atoms with Gasteiger partial charge in [0.15, 0.2) is 0 Å². The molecule has 0 spiro atoms. The van der Waals surface area contributed by atoms with E-state index >= 15 is 0 Å². The van der Waals surface area contributed by atoms with Gasteiger partial charge in [-0.1, -0.05) is 42.0 Å². The van der Waals surface area contributed by atoms with Gasteiger partial charge < -0.3 is 15.0 Å². The number of benzene rings is 2. The highest BCUT2D eigenvalue weighted by atomic mass is 16.5. The Balaban J connectivity index is 1.67. The number of esters is 1. The molecule has 3 rings (SSSR count). The van der Waals surface area contributed by atoms with Gasteiger partial charge in [-0.05, 0) is 24.6 Å². The van der Waals surface area contributed by atoms with Crippen LogP contribution in [0.3, 0.4) is 0 Å². The number of para-hydroxylation sites is 1. The highest BCUT2D eigenvalue weighted by Crippen LogP contribution is 2.28. The summed E-state index contributed by atoms with van der Waals surface area (Å²) in [5.74, 6) is -1.30. The van der Waals surface area contributed by atoms with Gasteiger partial charge in [-0.3, -0.25) is 9.59 Å². The number of methoxy groups -OCH3 is 1. The molecule has 0 aromatic heterocycles. The van der Waals surface area contributed by atoms with E-state index in [0.29, 0.717) is 17.8 Å². The van der Waals surface area contributed by atoms with Gasteiger partial charge >= 0.3 is 5.97 Å². The largest absolute Gasteiger partial charge is 0.465 e. The molecule has 2 aromatic carbocycles. The molecule has 1 atom stereocenters. The third-order valence-corrected chi connectivity index (χ3v) is 4.68. The van der Waals surface area contributed by atoms with Crippen LogP contribution in [0, 0.1) is 12.8 Å². The maximum Gasteiger partial charge on any atom is 0.339 e. The zero-order valence-corrected chi connectivity index (χ0v) is 15.4. The molecule has 1 unspecified atom stereocenters. The van der Waals surface area contributed by atoms with Gasteiger partial charge in [0.25, 0.3) is 0 Å². The summed E-state index contributed by atoms with van der Waals surface area (Å²) >= 11 is 0. The van der Waals surface area contributed by atoms with Crippen molar-refractivity contribution >= 4 is 23.5 Å². The third-order valence-electron chi connectivity index (χ3n) is 4.68. The minimum absolute atomic E-state index is 0.120. The lowest BCUT2D eigenvalue weighted by Gasteiger charge is -2.19. The van der Waals surface area contributed by atoms with E-state index in [1.165, 1.54) is 12.0 Å². The summed E-state index contributed by atoms with van der Waals surface area (Å²) in [4.78, 5) is 38.4. The fraction of sp³-hybridized carbons (Fsp3) is 0.286. The van der Waals surface area contributed by atoms with Crippen LogP contribution in [0.2, 0.25) is 0 Å². The van der Waals surface area contributed by atoms with Gasteiger partial charge in [0, 0.05) is 19.5 Å². The molecule has 2 aromatic rings. The lowest BCUT2D eigenvalue weighted by molar-refractivity contribution is -0.126. The average Bonchev–Trinajstić information content (AvgIpc) is 3.08. The van der Waals surface area contributed by atoms with Gasteiger partial charge in [-0.15, -0.1) is 0 Å². The second-order valence-corrected chi connectivity index (χ2v) is 6.62. The fourth-order valence-corrected chi connectivity index (χ4v) is 3.15. The topological polar surface area (TPSA) is 75.7 Å². The Morgan fingerprint density at radius 3 is 2.56 bits per heavy atom. The fourth-order valence-electron chi connectivity index (χ4n) is 3.15. The number of hydrogen-bond donors (Lipinski definition) is 1. The zero-order chi connectivity index (χ0) is 19.4. The standard InChI is InChI=1S/C21H22N2O4/c1-14-7-9-15(10-8-14)12-22-20(25)16-11-19(24)23(13-16)18-6-4-3-5-17(18)21(26)27-2/h3-10,16H,11-13H2,1-2H3,(H,22,25). The Hall–Kier alpha value is -3.15. The van der Waals surface area contributed by atoms with Crippen LogP contribution in [-0.4, -0.2) is 31.4 Å². The molecular formula is C21H22N2O4. The first-order valence-electron chi connectivity index (χ1n) is 8.80. The normalized spacial score (nSPS) is 16.3. The van der Waals surface area contributed by atoms with Crippen LogP contribution in [-0.2, 0) is 20.9 Å². The number of carbonyl (C=O) groups excluding carboxylic acids is 3. The molecule has 2 amide bonds. The molecule has 6 nitrogen and oxygen atoms in total. The summed E-state index contributed by atoms with van der Waals surface area (Å²) < 4.78 is 4.79. The van der Waals surface area contributed by atoms with Crippen LogP contribution in [0.1, 0.15) is 27.9 Å². The molecule has 0 bridgehead atoms. The van der Waals surface area contributed by atoms with Crippen molar-refractivity contribution in [2.75, 3.05) is 18.6 Å². The van der Waals surface area contributed by atoms with E-state index in [4.69, 9.17) is 4.74 Å². The van der Waals surface area contributed by atoms with E-state index in [2.05, 4.69) is 5.32 Å². The number of nitrogens with one attached hydrogen (secondary N) is 1. The van der Waals surface area contributed by atoms with Gasteiger partial charge in [0.2, 0.25) is 11.8 Å². The van der Waals surface area contributed by atoms with Crippen molar-refractivity contribution in [2.45, 2.75) is 19.9 Å². The molecule has 27 heavy (non-hydrogen) atoms. The summed E-state index contributed by atoms with van der Waals surface area (Å²) in [6, 6.07) is 14.7. The van der Waals surface area contributed by atoms with E-state index in [0.717, 1.165) is 11.1 Å². The molecule has 1 fully saturated rings. The number of anilines is 1. The number of rotatable bonds is 5. The Morgan fingerprint density at radius 2 is 1.85 bits per heavy atom. The number of amides is 2. The third kappa shape index (κ3) is 4.16. The molecule has 1 saturated heterocycles. The number of ether oxygens (including phenoxy) is 1. The van der Waals surface area contributed by atoms with Gasteiger partial charge in [0.1, 0.15) is 0 Å². The maximum atomic E-state index is 12.5. The van der Waals surface area contributed by atoms with E-state index in [1.807, 2.05) is 31.2 Å². The Kier molecular flexibility index (Phi) is 5.54. The van der Waals surface area contributed by atoms with Gasteiger partial charge in [-0.2, -0.15) is 0 Å². The lowest BCUT2D eigenvalue weighted by Crippen LogP contribution is -2.33. The molecule has 6 heteroatoms. The van der Waals surface area contributed by atoms with Crippen molar-refractivity contribution < 1.29 is 19.1 Å². The zero-order valence-electron chi connectivity index (χ0n) is 15.4. The van der Waals surface area contributed by atoms with Crippen molar-refractivity contribution in [3.63, 3.8) is 0 Å². The van der Waals surface area contributed by atoms with E-state index in [-0.39, 0.29) is 24.8 Å². The summed E-state index contributed by atoms with van der Waals surface area (Å²) in [5, 5.41) is 2.89. The SMILES string of the molecule is COC(=O)c1ccccc1N1CC(C(=O)NCc2ccc(C)cc2)CC1=O. The van der Waals surface area contributed by atoms with Crippen LogP contribution in [0.5, 0.6) is 0 Å². The molecule has 1 aliphatic heterocycles. The number of nitrogens with zero attached hydrogens (tertiary/aromatic N) is 1. The molecular weight excluding hydrogens is 344 g/mol. The monoisotopic (exact) mass is 366 g/mol. The van der Waals surface area contributed by atoms with E-state index < -0.39 is 11.9 Å². The molecule has 1 N–H and O–H groups in total. The average molecular weight is 366 g/mol. The smallest absolute Gasteiger partial charge is 0.339 e. The molecule has 0 aliphatic carbocycles. The first-order chi connectivity index (χ1) is 13.0. The summed E-state index contributed by atoms with van der Waals surface area (Å²) in [5.41, 5.74) is 2.95. The van der Waals surface area contributed by atoms with Crippen molar-refractivity contribution in [3.05, 3.63) is 65.2 Å². The quantitative estimate of drug-likeness (QED) is 0.825. The summed E-state index contributed by atoms with van der Waals surface area (Å²) in [6.07, 6.45) is 0.120.